The van der Waals surface area contributed by atoms with Gasteiger partial charge in [0.05, 0.1) is 6.54 Å². The number of rotatable bonds is 7. The number of hydrogen-bond donors (Lipinski definition) is 2. The molecule has 0 aliphatic carbocycles. The Morgan fingerprint density at radius 1 is 1.00 bits per heavy atom. The number of para-hydroxylation sites is 1. The van der Waals surface area contributed by atoms with Gasteiger partial charge in [-0.25, -0.2) is 4.98 Å². The monoisotopic (exact) mass is 562 g/mol. The van der Waals surface area contributed by atoms with Crippen molar-refractivity contribution >= 4 is 41.3 Å². The molecule has 3 rings (SSSR count). The summed E-state index contributed by atoms with van der Waals surface area (Å²) >= 11 is 0.957. The van der Waals surface area contributed by atoms with Crippen LogP contribution in [0.1, 0.15) is 21.8 Å². The number of aromatic nitrogens is 1. The van der Waals surface area contributed by atoms with Gasteiger partial charge < -0.3 is 15.4 Å². The lowest BCUT2D eigenvalue weighted by atomic mass is 10.1. The van der Waals surface area contributed by atoms with Crippen LogP contribution in [0.25, 0.3) is 0 Å². The number of thiazole rings is 1. The Hall–Kier alpha value is -2.34. The van der Waals surface area contributed by atoms with Gasteiger partial charge in [0.1, 0.15) is 17.4 Å². The van der Waals surface area contributed by atoms with Crippen LogP contribution < -0.4 is 15.4 Å². The van der Waals surface area contributed by atoms with Crippen LogP contribution in [0.15, 0.2) is 65.0 Å². The zero-order valence-electron chi connectivity index (χ0n) is 16.6. The maximum Gasteiger partial charge on any atom is 0.434 e. The predicted octanol–water partition coefficient (Wildman–Crippen LogP) is 5.22. The number of nitrogens with one attached hydrogen (secondary N) is 2. The second kappa shape index (κ2) is 11.9. The van der Waals surface area contributed by atoms with Crippen molar-refractivity contribution < 1.29 is 17.9 Å². The van der Waals surface area contributed by atoms with Crippen molar-refractivity contribution in [3.05, 3.63) is 81.8 Å². The van der Waals surface area contributed by atoms with Crippen molar-refractivity contribution in [2.75, 3.05) is 7.05 Å². The van der Waals surface area contributed by atoms with E-state index in [4.69, 9.17) is 4.74 Å². The average molecular weight is 562 g/mol. The van der Waals surface area contributed by atoms with Gasteiger partial charge >= 0.3 is 6.18 Å². The van der Waals surface area contributed by atoms with E-state index in [1.54, 1.807) is 7.05 Å². The van der Waals surface area contributed by atoms with Crippen LogP contribution in [0.2, 0.25) is 0 Å². The summed E-state index contributed by atoms with van der Waals surface area (Å²) in [6.45, 7) is 1.06. The molecule has 0 amide bonds. The molecule has 31 heavy (non-hydrogen) atoms. The van der Waals surface area contributed by atoms with Crippen LogP contribution in [0.5, 0.6) is 5.75 Å². The van der Waals surface area contributed by atoms with Gasteiger partial charge in [0.15, 0.2) is 11.7 Å². The summed E-state index contributed by atoms with van der Waals surface area (Å²) in [5.74, 6) is 1.26. The quantitative estimate of drug-likeness (QED) is 0.236. The first-order valence-electron chi connectivity index (χ1n) is 9.16. The Balaban J connectivity index is 0.00000341. The molecule has 0 aliphatic rings. The zero-order chi connectivity index (χ0) is 21.4. The Bertz CT molecular complexity index is 980. The third-order valence-electron chi connectivity index (χ3n) is 4.18. The molecule has 0 unspecified atom stereocenters. The minimum absolute atomic E-state index is 0. The molecule has 1 heterocycles. The second-order valence-electron chi connectivity index (χ2n) is 6.27. The fourth-order valence-corrected chi connectivity index (χ4v) is 3.37. The van der Waals surface area contributed by atoms with E-state index in [9.17, 15) is 13.2 Å². The van der Waals surface area contributed by atoms with Crippen LogP contribution >= 0.6 is 35.3 Å². The van der Waals surface area contributed by atoms with Gasteiger partial charge in [0, 0.05) is 19.0 Å². The normalized spacial score (nSPS) is 11.5. The van der Waals surface area contributed by atoms with E-state index < -0.39 is 11.9 Å². The number of guanidine groups is 1. The Labute approximate surface area is 199 Å². The third-order valence-corrected chi connectivity index (χ3v) is 5.02. The van der Waals surface area contributed by atoms with Gasteiger partial charge in [-0.2, -0.15) is 13.2 Å². The molecule has 2 N–H and O–H groups in total. The number of benzene rings is 2. The third kappa shape index (κ3) is 7.69. The summed E-state index contributed by atoms with van der Waals surface area (Å²) in [6.07, 6.45) is -4.43. The van der Waals surface area contributed by atoms with Gasteiger partial charge in [0.2, 0.25) is 0 Å². The molecule has 0 fully saturated rings. The molecular weight excluding hydrogens is 540 g/mol. The smallest absolute Gasteiger partial charge is 0.434 e. The van der Waals surface area contributed by atoms with Crippen LogP contribution in [-0.2, 0) is 25.9 Å². The van der Waals surface area contributed by atoms with Gasteiger partial charge in [-0.1, -0.05) is 42.5 Å². The highest BCUT2D eigenvalue weighted by atomic mass is 127. The van der Waals surface area contributed by atoms with E-state index in [1.807, 2.05) is 54.6 Å². The lowest BCUT2D eigenvalue weighted by Crippen LogP contribution is -2.36. The van der Waals surface area contributed by atoms with E-state index in [0.717, 1.165) is 33.6 Å². The van der Waals surface area contributed by atoms with Gasteiger partial charge in [-0.05, 0) is 23.3 Å². The summed E-state index contributed by atoms with van der Waals surface area (Å²) < 4.78 is 43.8. The van der Waals surface area contributed by atoms with Crippen molar-refractivity contribution in [3.8, 4) is 5.75 Å². The Kier molecular flexibility index (Phi) is 9.56. The molecule has 2 aromatic carbocycles. The van der Waals surface area contributed by atoms with Crippen LogP contribution in [-0.4, -0.2) is 18.0 Å². The van der Waals surface area contributed by atoms with Gasteiger partial charge in [-0.3, -0.25) is 4.99 Å². The van der Waals surface area contributed by atoms with Crippen molar-refractivity contribution in [3.63, 3.8) is 0 Å². The number of nitrogens with zero attached hydrogens (tertiary/aromatic N) is 2. The molecule has 0 atom stereocenters. The van der Waals surface area contributed by atoms with E-state index in [-0.39, 0.29) is 30.5 Å². The molecule has 0 radical (unpaired) electrons. The van der Waals surface area contributed by atoms with Crippen LogP contribution in [0.3, 0.4) is 0 Å². The lowest BCUT2D eigenvalue weighted by molar-refractivity contribution is -0.140. The highest BCUT2D eigenvalue weighted by Gasteiger charge is 2.33. The van der Waals surface area contributed by atoms with Crippen molar-refractivity contribution in [1.29, 1.82) is 0 Å². The molecule has 1 aromatic heterocycles. The molecule has 0 aliphatic heterocycles. The second-order valence-corrected chi connectivity index (χ2v) is 7.22. The largest absolute Gasteiger partial charge is 0.489 e. The summed E-state index contributed by atoms with van der Waals surface area (Å²) in [5.41, 5.74) is 1.18. The fourth-order valence-electron chi connectivity index (χ4n) is 2.63. The molecule has 10 heteroatoms. The van der Waals surface area contributed by atoms with Crippen LogP contribution in [0, 0.1) is 0 Å². The fraction of sp³-hybridized carbons (Fsp3) is 0.238. The highest BCUT2D eigenvalue weighted by Crippen LogP contribution is 2.29. The summed E-state index contributed by atoms with van der Waals surface area (Å²) in [4.78, 5) is 7.72. The Morgan fingerprint density at radius 3 is 2.29 bits per heavy atom. The SMILES string of the molecule is CN=C(NCc1nc(C(F)(F)F)cs1)NCc1ccccc1COc1ccccc1.I. The van der Waals surface area contributed by atoms with Gasteiger partial charge in [-0.15, -0.1) is 35.3 Å². The minimum Gasteiger partial charge on any atom is -0.489 e. The standard InChI is InChI=1S/C21H21F3N4OS.HI/c1-25-20(27-12-19-28-18(14-30-19)21(22,23)24)26-11-15-7-5-6-8-16(15)13-29-17-9-3-2-4-10-17;/h2-10,14H,11-13H2,1H3,(H2,25,26,27);1H. The molecule has 3 aromatic rings. The van der Waals surface area contributed by atoms with Crippen molar-refractivity contribution in [2.45, 2.75) is 25.9 Å². The maximum absolute atomic E-state index is 12.7. The number of hydrogen-bond acceptors (Lipinski definition) is 4. The van der Waals surface area contributed by atoms with E-state index in [0.29, 0.717) is 24.1 Å². The van der Waals surface area contributed by atoms with E-state index >= 15 is 0 Å². The maximum atomic E-state index is 12.7. The molecule has 5 nitrogen and oxygen atoms in total. The zero-order valence-corrected chi connectivity index (χ0v) is 19.8. The molecule has 166 valence electrons. The Morgan fingerprint density at radius 2 is 1.65 bits per heavy atom. The first-order valence-corrected chi connectivity index (χ1v) is 10.0. The first-order chi connectivity index (χ1) is 14.5. The van der Waals surface area contributed by atoms with Crippen molar-refractivity contribution in [1.82, 2.24) is 15.6 Å². The predicted molar refractivity (Wildman–Crippen MR) is 127 cm³/mol. The average Bonchev–Trinajstić information content (AvgIpc) is 3.23. The van der Waals surface area contributed by atoms with E-state index in [1.165, 1.54) is 0 Å². The molecule has 0 saturated carbocycles. The highest BCUT2D eigenvalue weighted by molar-refractivity contribution is 14.0. The molecule has 0 spiro atoms. The number of alkyl halides is 3. The van der Waals surface area contributed by atoms with Gasteiger partial charge in [0.25, 0.3) is 0 Å². The molecule has 0 saturated heterocycles. The number of halogens is 4. The first kappa shape index (κ1) is 24.9. The van der Waals surface area contributed by atoms with E-state index in [2.05, 4.69) is 20.6 Å². The summed E-state index contributed by atoms with van der Waals surface area (Å²) in [7, 11) is 1.60. The number of ether oxygens (including phenoxy) is 1. The van der Waals surface area contributed by atoms with Crippen LogP contribution in [0.4, 0.5) is 13.2 Å². The topological polar surface area (TPSA) is 58.5 Å². The number of aliphatic imine (C=N–C) groups is 1. The lowest BCUT2D eigenvalue weighted by Gasteiger charge is -2.14. The minimum atomic E-state index is -4.43. The summed E-state index contributed by atoms with van der Waals surface area (Å²) in [6, 6.07) is 17.4. The summed E-state index contributed by atoms with van der Waals surface area (Å²) in [5, 5.41) is 7.50. The van der Waals surface area contributed by atoms with Crippen molar-refractivity contribution in [2.24, 2.45) is 4.99 Å². The molecule has 0 bridgehead atoms. The molecular formula is C21H22F3IN4OS.